The van der Waals surface area contributed by atoms with Crippen LogP contribution < -0.4 is 20.1 Å². The second-order valence-electron chi connectivity index (χ2n) is 10.2. The number of amides is 2. The summed E-state index contributed by atoms with van der Waals surface area (Å²) in [7, 11) is 0. The van der Waals surface area contributed by atoms with Gasteiger partial charge in [-0.25, -0.2) is 9.59 Å². The van der Waals surface area contributed by atoms with Gasteiger partial charge in [0.2, 0.25) is 0 Å². The molecule has 0 bridgehead atoms. The van der Waals surface area contributed by atoms with Crippen LogP contribution in [0.5, 0.6) is 17.2 Å². The number of para-hydroxylation sites is 1. The van der Waals surface area contributed by atoms with Crippen molar-refractivity contribution >= 4 is 23.7 Å². The number of anilines is 1. The van der Waals surface area contributed by atoms with Crippen molar-refractivity contribution in [2.45, 2.75) is 44.4 Å². The molecule has 220 valence electrons. The molecule has 1 saturated carbocycles. The number of hydrogen-bond donors (Lipinski definition) is 3. The summed E-state index contributed by atoms with van der Waals surface area (Å²) in [5.41, 5.74) is 1.56. The van der Waals surface area contributed by atoms with Crippen LogP contribution in [0.2, 0.25) is 0 Å². The minimum Gasteiger partial charge on any atom is -0.490 e. The summed E-state index contributed by atoms with van der Waals surface area (Å²) < 4.78 is 17.4. The second kappa shape index (κ2) is 14.0. The lowest BCUT2D eigenvalue weighted by Gasteiger charge is -2.29. The summed E-state index contributed by atoms with van der Waals surface area (Å²) in [4.78, 5) is 36.2. The molecule has 2 amide bonds. The quantitative estimate of drug-likeness (QED) is 0.184. The number of aromatic carboxylic acids is 1. The molecule has 43 heavy (non-hydrogen) atoms. The Bertz CT molecular complexity index is 1530. The minimum atomic E-state index is -1.12. The van der Waals surface area contributed by atoms with E-state index in [1.54, 1.807) is 42.5 Å². The highest BCUT2D eigenvalue weighted by molar-refractivity contribution is 6.07. The van der Waals surface area contributed by atoms with Gasteiger partial charge in [0.25, 0.3) is 5.91 Å². The van der Waals surface area contributed by atoms with Crippen molar-refractivity contribution in [1.29, 1.82) is 0 Å². The van der Waals surface area contributed by atoms with E-state index in [1.807, 2.05) is 54.6 Å². The van der Waals surface area contributed by atoms with E-state index in [0.29, 0.717) is 17.1 Å². The topological polar surface area (TPSA) is 123 Å². The summed E-state index contributed by atoms with van der Waals surface area (Å²) in [6.07, 6.45) is 2.93. The third kappa shape index (κ3) is 8.36. The Hall–Kier alpha value is -5.31. The predicted molar refractivity (Wildman–Crippen MR) is 161 cm³/mol. The average Bonchev–Trinajstić information content (AvgIpc) is 3.03. The van der Waals surface area contributed by atoms with Crippen LogP contribution in [-0.4, -0.2) is 35.2 Å². The van der Waals surface area contributed by atoms with E-state index in [1.165, 1.54) is 6.07 Å². The molecular weight excluding hydrogens is 548 g/mol. The number of nitrogens with one attached hydrogen (secondary N) is 2. The summed E-state index contributed by atoms with van der Waals surface area (Å²) in [6.45, 7) is 0.249. The summed E-state index contributed by atoms with van der Waals surface area (Å²) in [5, 5.41) is 14.9. The van der Waals surface area contributed by atoms with Crippen LogP contribution in [0.25, 0.3) is 0 Å². The number of alkyl carbamates (subject to hydrolysis) is 1. The molecule has 4 aromatic carbocycles. The molecule has 1 aliphatic rings. The molecular formula is C34H32N2O7. The van der Waals surface area contributed by atoms with Crippen LogP contribution >= 0.6 is 0 Å². The molecule has 0 heterocycles. The average molecular weight is 581 g/mol. The highest BCUT2D eigenvalue weighted by Gasteiger charge is 2.24. The maximum atomic E-state index is 12.6. The van der Waals surface area contributed by atoms with E-state index in [0.717, 1.165) is 37.0 Å². The van der Waals surface area contributed by atoms with E-state index < -0.39 is 18.0 Å². The molecule has 1 fully saturated rings. The fourth-order valence-electron chi connectivity index (χ4n) is 4.82. The first-order valence-electron chi connectivity index (χ1n) is 14.1. The van der Waals surface area contributed by atoms with Crippen molar-refractivity contribution in [3.8, 4) is 17.2 Å². The lowest BCUT2D eigenvalue weighted by atomic mass is 9.93. The fourth-order valence-corrected chi connectivity index (χ4v) is 4.82. The summed E-state index contributed by atoms with van der Waals surface area (Å²) >= 11 is 0. The number of rotatable bonds is 10. The highest BCUT2D eigenvalue weighted by atomic mass is 16.5. The number of carboxylic acids is 1. The molecule has 0 spiro atoms. The Labute approximate surface area is 249 Å². The molecule has 0 aromatic heterocycles. The molecule has 0 atom stereocenters. The predicted octanol–water partition coefficient (Wildman–Crippen LogP) is 7.05. The van der Waals surface area contributed by atoms with Gasteiger partial charge < -0.3 is 30.0 Å². The van der Waals surface area contributed by atoms with Crippen molar-refractivity contribution in [1.82, 2.24) is 5.32 Å². The number of hydrogen-bond acceptors (Lipinski definition) is 6. The van der Waals surface area contributed by atoms with E-state index in [9.17, 15) is 19.5 Å². The largest absolute Gasteiger partial charge is 0.490 e. The van der Waals surface area contributed by atoms with E-state index in [2.05, 4.69) is 10.6 Å². The van der Waals surface area contributed by atoms with Crippen molar-refractivity contribution in [2.75, 3.05) is 5.32 Å². The first kappa shape index (κ1) is 29.2. The summed E-state index contributed by atoms with van der Waals surface area (Å²) in [5.74, 6) is 0.357. The van der Waals surface area contributed by atoms with Crippen LogP contribution in [0, 0.1) is 0 Å². The molecule has 4 aromatic rings. The lowest BCUT2D eigenvalue weighted by molar-refractivity contribution is 0.0698. The fraction of sp³-hybridized carbons (Fsp3) is 0.206. The number of carbonyl (C=O) groups excluding carboxylic acids is 2. The van der Waals surface area contributed by atoms with Crippen LogP contribution in [0.4, 0.5) is 10.5 Å². The molecule has 0 aliphatic heterocycles. The highest BCUT2D eigenvalue weighted by Crippen LogP contribution is 2.28. The molecule has 3 N–H and O–H groups in total. The number of carboxylic acid groups (broad SMARTS) is 1. The Kier molecular flexibility index (Phi) is 9.53. The molecule has 0 saturated heterocycles. The molecule has 0 unspecified atom stereocenters. The Morgan fingerprint density at radius 1 is 0.721 bits per heavy atom. The van der Waals surface area contributed by atoms with Crippen LogP contribution in [0.15, 0.2) is 103 Å². The van der Waals surface area contributed by atoms with Gasteiger partial charge >= 0.3 is 12.1 Å². The zero-order valence-corrected chi connectivity index (χ0v) is 23.4. The Morgan fingerprint density at radius 3 is 2.00 bits per heavy atom. The number of ether oxygens (including phenoxy) is 3. The molecule has 5 rings (SSSR count). The first-order chi connectivity index (χ1) is 20.9. The van der Waals surface area contributed by atoms with E-state index in [-0.39, 0.29) is 30.0 Å². The van der Waals surface area contributed by atoms with Crippen molar-refractivity contribution in [2.24, 2.45) is 0 Å². The van der Waals surface area contributed by atoms with Gasteiger partial charge in [-0.15, -0.1) is 0 Å². The van der Waals surface area contributed by atoms with Crippen LogP contribution in [-0.2, 0) is 11.3 Å². The number of carbonyl (C=O) groups is 3. The van der Waals surface area contributed by atoms with Crippen molar-refractivity contribution in [3.05, 3.63) is 120 Å². The third-order valence-electron chi connectivity index (χ3n) is 7.09. The maximum Gasteiger partial charge on any atom is 0.407 e. The Balaban J connectivity index is 1.05. The van der Waals surface area contributed by atoms with Crippen molar-refractivity contribution < 1.29 is 33.7 Å². The number of benzene rings is 4. The third-order valence-corrected chi connectivity index (χ3v) is 7.09. The lowest BCUT2D eigenvalue weighted by Crippen LogP contribution is -2.39. The van der Waals surface area contributed by atoms with Gasteiger partial charge in [0.1, 0.15) is 23.9 Å². The van der Waals surface area contributed by atoms with Crippen LogP contribution in [0.3, 0.4) is 0 Å². The molecule has 9 nitrogen and oxygen atoms in total. The maximum absolute atomic E-state index is 12.6. The van der Waals surface area contributed by atoms with Gasteiger partial charge in [0, 0.05) is 11.6 Å². The monoisotopic (exact) mass is 580 g/mol. The normalized spacial score (nSPS) is 16.0. The first-order valence-corrected chi connectivity index (χ1v) is 14.1. The SMILES string of the molecule is O=C(NC1CCC(Oc2ccc(Oc3ccc(C(=O)Nc4ccccc4C(=O)O)cc3)cc2)CC1)OCc1ccccc1. The van der Waals surface area contributed by atoms with Gasteiger partial charge in [-0.2, -0.15) is 0 Å². The van der Waals surface area contributed by atoms with Gasteiger partial charge in [0.15, 0.2) is 0 Å². The Morgan fingerprint density at radius 2 is 1.33 bits per heavy atom. The van der Waals surface area contributed by atoms with Gasteiger partial charge in [-0.1, -0.05) is 42.5 Å². The van der Waals surface area contributed by atoms with Crippen molar-refractivity contribution in [3.63, 3.8) is 0 Å². The van der Waals surface area contributed by atoms with Gasteiger partial charge in [0.05, 0.1) is 17.4 Å². The standard InChI is InChI=1S/C34H32N2O7/c37-32(36-31-9-5-4-8-30(31)33(38)39)24-10-14-26(15-11-24)42-28-18-20-29(21-19-28)43-27-16-12-25(13-17-27)35-34(40)41-22-23-6-2-1-3-7-23/h1-11,14-15,18-21,25,27H,12-13,16-17,22H2,(H,35,40)(H,36,37)(H,38,39). The summed E-state index contributed by atoms with van der Waals surface area (Å²) in [6, 6.07) is 29.8. The second-order valence-corrected chi connectivity index (χ2v) is 10.2. The van der Waals surface area contributed by atoms with E-state index >= 15 is 0 Å². The smallest absolute Gasteiger partial charge is 0.407 e. The zero-order valence-electron chi connectivity index (χ0n) is 23.4. The minimum absolute atomic E-state index is 0.0182. The van der Waals surface area contributed by atoms with E-state index in [4.69, 9.17) is 14.2 Å². The zero-order chi connectivity index (χ0) is 30.0. The molecule has 9 heteroatoms. The van der Waals surface area contributed by atoms with Crippen LogP contribution in [0.1, 0.15) is 52.0 Å². The molecule has 0 radical (unpaired) electrons. The molecule has 1 aliphatic carbocycles. The van der Waals surface area contributed by atoms with Gasteiger partial charge in [-0.05, 0) is 91.9 Å². The van der Waals surface area contributed by atoms with Gasteiger partial charge in [-0.3, -0.25) is 4.79 Å².